The van der Waals surface area contributed by atoms with Crippen LogP contribution in [0.25, 0.3) is 0 Å². The van der Waals surface area contributed by atoms with E-state index in [1.165, 1.54) is 0 Å². The van der Waals surface area contributed by atoms with Gasteiger partial charge in [0.05, 0.1) is 6.10 Å². The minimum absolute atomic E-state index is 0.0864. The van der Waals surface area contributed by atoms with Crippen molar-refractivity contribution >= 4 is 0 Å². The van der Waals surface area contributed by atoms with Crippen LogP contribution < -0.4 is 0 Å². The monoisotopic (exact) mass is 202 g/mol. The van der Waals surface area contributed by atoms with Crippen LogP contribution in [0.4, 0.5) is 8.78 Å². The molecule has 1 aliphatic rings. The second-order valence-corrected chi connectivity index (χ2v) is 3.74. The highest BCUT2D eigenvalue weighted by atomic mass is 19.1. The third kappa shape index (κ3) is 3.22. The van der Waals surface area contributed by atoms with Crippen molar-refractivity contribution in [2.45, 2.75) is 38.7 Å². The highest BCUT2D eigenvalue weighted by Crippen LogP contribution is 2.30. The molecule has 0 amide bonds. The summed E-state index contributed by atoms with van der Waals surface area (Å²) in [5, 5.41) is 9.47. The fraction of sp³-hybridized carbons (Fsp3) is 0.636. The quantitative estimate of drug-likeness (QED) is 0.741. The first-order chi connectivity index (χ1) is 6.63. The van der Waals surface area contributed by atoms with Crippen LogP contribution in [0.3, 0.4) is 0 Å². The molecule has 1 N–H and O–H groups in total. The molecule has 0 fully saturated rings. The lowest BCUT2D eigenvalue weighted by Gasteiger charge is -2.19. The Morgan fingerprint density at radius 1 is 1.50 bits per heavy atom. The second kappa shape index (κ2) is 5.25. The Kier molecular flexibility index (Phi) is 4.26. The number of halogens is 2. The fourth-order valence-corrected chi connectivity index (χ4v) is 1.68. The van der Waals surface area contributed by atoms with Gasteiger partial charge >= 0.3 is 0 Å². The molecule has 0 bridgehead atoms. The summed E-state index contributed by atoms with van der Waals surface area (Å²) in [6, 6.07) is 0. The van der Waals surface area contributed by atoms with Gasteiger partial charge in [-0.3, -0.25) is 0 Å². The normalized spacial score (nSPS) is 24.1. The van der Waals surface area contributed by atoms with Crippen molar-refractivity contribution in [3.05, 3.63) is 23.8 Å². The molecule has 0 aromatic carbocycles. The van der Waals surface area contributed by atoms with E-state index in [0.717, 1.165) is 18.6 Å². The number of aliphatic hydroxyl groups is 1. The predicted molar refractivity (Wildman–Crippen MR) is 52.0 cm³/mol. The summed E-state index contributed by atoms with van der Waals surface area (Å²) in [4.78, 5) is 0. The molecule has 1 nitrogen and oxygen atoms in total. The Balaban J connectivity index is 2.46. The topological polar surface area (TPSA) is 20.2 Å². The lowest BCUT2D eigenvalue weighted by atomic mass is 9.91. The lowest BCUT2D eigenvalue weighted by Crippen LogP contribution is -2.15. The van der Waals surface area contributed by atoms with E-state index in [4.69, 9.17) is 0 Å². The minimum atomic E-state index is -0.518. The predicted octanol–water partition coefficient (Wildman–Crippen LogP) is 3.26. The van der Waals surface area contributed by atoms with Gasteiger partial charge in [-0.15, -0.1) is 0 Å². The fourth-order valence-electron chi connectivity index (χ4n) is 1.68. The Morgan fingerprint density at radius 3 is 2.86 bits per heavy atom. The summed E-state index contributed by atoms with van der Waals surface area (Å²) >= 11 is 0. The van der Waals surface area contributed by atoms with E-state index in [1.807, 2.05) is 6.92 Å². The average Bonchev–Trinajstić information content (AvgIpc) is 2.12. The summed E-state index contributed by atoms with van der Waals surface area (Å²) in [7, 11) is 0. The van der Waals surface area contributed by atoms with Crippen LogP contribution in [0, 0.1) is 5.92 Å². The molecule has 1 aliphatic carbocycles. The van der Waals surface area contributed by atoms with E-state index in [-0.39, 0.29) is 18.1 Å². The van der Waals surface area contributed by atoms with Crippen LogP contribution >= 0.6 is 0 Å². The van der Waals surface area contributed by atoms with Gasteiger partial charge < -0.3 is 5.11 Å². The molecule has 0 aromatic rings. The molecule has 80 valence electrons. The third-order valence-electron chi connectivity index (χ3n) is 2.43. The van der Waals surface area contributed by atoms with Crippen molar-refractivity contribution in [3.8, 4) is 0 Å². The van der Waals surface area contributed by atoms with Crippen LogP contribution in [-0.4, -0.2) is 11.2 Å². The molecule has 0 radical (unpaired) electrons. The number of allylic oxidation sites excluding steroid dienone is 4. The largest absolute Gasteiger partial charge is 0.393 e. The van der Waals surface area contributed by atoms with Crippen molar-refractivity contribution in [2.75, 3.05) is 0 Å². The van der Waals surface area contributed by atoms with Gasteiger partial charge in [0.2, 0.25) is 0 Å². The van der Waals surface area contributed by atoms with Gasteiger partial charge in [0.15, 0.2) is 0 Å². The number of rotatable bonds is 4. The maximum Gasteiger partial charge on any atom is 0.104 e. The van der Waals surface area contributed by atoms with E-state index in [9.17, 15) is 13.9 Å². The van der Waals surface area contributed by atoms with Crippen molar-refractivity contribution < 1.29 is 13.9 Å². The van der Waals surface area contributed by atoms with Crippen LogP contribution in [0.5, 0.6) is 0 Å². The van der Waals surface area contributed by atoms with Gasteiger partial charge in [-0.05, 0) is 25.0 Å². The molecule has 0 aliphatic heterocycles. The van der Waals surface area contributed by atoms with Gasteiger partial charge in [0.25, 0.3) is 0 Å². The zero-order chi connectivity index (χ0) is 10.6. The zero-order valence-electron chi connectivity index (χ0n) is 8.34. The van der Waals surface area contributed by atoms with Gasteiger partial charge in [0, 0.05) is 12.3 Å². The molecule has 2 unspecified atom stereocenters. The van der Waals surface area contributed by atoms with Crippen molar-refractivity contribution in [1.29, 1.82) is 0 Å². The SMILES string of the molecule is CCCC(O)CC1CC(F)=CC=C1F. The molecule has 3 heteroatoms. The van der Waals surface area contributed by atoms with Crippen LogP contribution in [0.2, 0.25) is 0 Å². The molecular formula is C11H16F2O. The average molecular weight is 202 g/mol. The van der Waals surface area contributed by atoms with Gasteiger partial charge in [-0.25, -0.2) is 8.78 Å². The summed E-state index contributed by atoms with van der Waals surface area (Å²) in [5.74, 6) is -1.09. The molecule has 14 heavy (non-hydrogen) atoms. The standard InChI is InChI=1S/C11H16F2O/c1-2-3-10(14)7-8-6-9(12)4-5-11(8)13/h4-5,8,10,14H,2-3,6-7H2,1H3. The first kappa shape index (κ1) is 11.4. The number of aliphatic hydroxyl groups excluding tert-OH is 1. The molecule has 2 atom stereocenters. The van der Waals surface area contributed by atoms with Crippen molar-refractivity contribution in [2.24, 2.45) is 5.92 Å². The smallest absolute Gasteiger partial charge is 0.104 e. The summed E-state index contributed by atoms with van der Waals surface area (Å²) in [6.45, 7) is 1.96. The highest BCUT2D eigenvalue weighted by molar-refractivity contribution is 5.19. The first-order valence-electron chi connectivity index (χ1n) is 5.03. The molecule has 0 heterocycles. The summed E-state index contributed by atoms with van der Waals surface area (Å²) in [5.41, 5.74) is 0. The summed E-state index contributed by atoms with van der Waals surface area (Å²) < 4.78 is 26.0. The molecular weight excluding hydrogens is 186 g/mol. The zero-order valence-corrected chi connectivity index (χ0v) is 8.34. The third-order valence-corrected chi connectivity index (χ3v) is 2.43. The van der Waals surface area contributed by atoms with Gasteiger partial charge in [0.1, 0.15) is 11.7 Å². The van der Waals surface area contributed by atoms with Gasteiger partial charge in [-0.2, -0.15) is 0 Å². The Morgan fingerprint density at radius 2 is 2.21 bits per heavy atom. The van der Waals surface area contributed by atoms with Gasteiger partial charge in [-0.1, -0.05) is 13.3 Å². The molecule has 0 saturated heterocycles. The Labute approximate surface area is 83.1 Å². The van der Waals surface area contributed by atoms with E-state index in [0.29, 0.717) is 12.8 Å². The Bertz CT molecular complexity index is 246. The molecule has 0 saturated carbocycles. The van der Waals surface area contributed by atoms with Crippen LogP contribution in [0.1, 0.15) is 32.6 Å². The van der Waals surface area contributed by atoms with E-state index in [1.54, 1.807) is 0 Å². The number of hydrogen-bond acceptors (Lipinski definition) is 1. The maximum atomic E-state index is 13.2. The van der Waals surface area contributed by atoms with E-state index in [2.05, 4.69) is 0 Å². The van der Waals surface area contributed by atoms with Crippen LogP contribution in [-0.2, 0) is 0 Å². The lowest BCUT2D eigenvalue weighted by molar-refractivity contribution is 0.131. The Hall–Kier alpha value is -0.700. The van der Waals surface area contributed by atoms with E-state index < -0.39 is 12.0 Å². The molecule has 0 aromatic heterocycles. The second-order valence-electron chi connectivity index (χ2n) is 3.74. The summed E-state index contributed by atoms with van der Waals surface area (Å²) in [6.07, 6.45) is 3.70. The minimum Gasteiger partial charge on any atom is -0.393 e. The van der Waals surface area contributed by atoms with Crippen molar-refractivity contribution in [1.82, 2.24) is 0 Å². The van der Waals surface area contributed by atoms with E-state index >= 15 is 0 Å². The van der Waals surface area contributed by atoms with Crippen molar-refractivity contribution in [3.63, 3.8) is 0 Å². The number of hydrogen-bond donors (Lipinski definition) is 1. The maximum absolute atomic E-state index is 13.2. The first-order valence-corrected chi connectivity index (χ1v) is 5.03. The highest BCUT2D eigenvalue weighted by Gasteiger charge is 2.22. The molecule has 0 spiro atoms. The van der Waals surface area contributed by atoms with Crippen LogP contribution in [0.15, 0.2) is 23.8 Å². The molecule has 1 rings (SSSR count).